The predicted octanol–water partition coefficient (Wildman–Crippen LogP) is 1.35. The van der Waals surface area contributed by atoms with Gasteiger partial charge in [-0.25, -0.2) is 0 Å². The molecule has 98 valence electrons. The summed E-state index contributed by atoms with van der Waals surface area (Å²) in [5.74, 6) is 0.0130. The smallest absolute Gasteiger partial charge is 0.253 e. The van der Waals surface area contributed by atoms with E-state index >= 15 is 0 Å². The van der Waals surface area contributed by atoms with E-state index in [1.54, 1.807) is 4.90 Å². The van der Waals surface area contributed by atoms with Gasteiger partial charge in [0.05, 0.1) is 6.10 Å². The summed E-state index contributed by atoms with van der Waals surface area (Å²) in [4.78, 5) is 16.0. The first-order valence-corrected chi connectivity index (χ1v) is 6.32. The van der Waals surface area contributed by atoms with E-state index in [1.165, 1.54) is 0 Å². The van der Waals surface area contributed by atoms with Gasteiger partial charge >= 0.3 is 0 Å². The van der Waals surface area contributed by atoms with Crippen molar-refractivity contribution in [1.29, 1.82) is 0 Å². The number of hydrogen-bond acceptors (Lipinski definition) is 3. The van der Waals surface area contributed by atoms with E-state index in [-0.39, 0.29) is 12.0 Å². The van der Waals surface area contributed by atoms with Crippen LogP contribution in [-0.4, -0.2) is 49.2 Å². The van der Waals surface area contributed by atoms with Gasteiger partial charge < -0.3 is 14.9 Å². The number of amides is 1. The Kier molecular flexibility index (Phi) is 3.87. The summed E-state index contributed by atoms with van der Waals surface area (Å²) < 4.78 is 0. The van der Waals surface area contributed by atoms with Crippen LogP contribution in [-0.2, 0) is 0 Å². The molecule has 1 fully saturated rings. The van der Waals surface area contributed by atoms with E-state index in [2.05, 4.69) is 0 Å². The van der Waals surface area contributed by atoms with Crippen LogP contribution in [0.4, 0.5) is 5.69 Å². The minimum atomic E-state index is -0.372. The highest BCUT2D eigenvalue weighted by Crippen LogP contribution is 2.16. The lowest BCUT2D eigenvalue weighted by Gasteiger charge is -2.30. The lowest BCUT2D eigenvalue weighted by Crippen LogP contribution is -2.42. The van der Waals surface area contributed by atoms with Gasteiger partial charge in [0.15, 0.2) is 0 Å². The van der Waals surface area contributed by atoms with Crippen LogP contribution in [0, 0.1) is 0 Å². The Morgan fingerprint density at radius 2 is 2.00 bits per heavy atom. The van der Waals surface area contributed by atoms with Crippen molar-refractivity contribution >= 4 is 11.6 Å². The number of aliphatic hydroxyl groups is 1. The minimum absolute atomic E-state index is 0.0130. The summed E-state index contributed by atoms with van der Waals surface area (Å²) in [5, 5.41) is 9.59. The average Bonchev–Trinajstić information content (AvgIpc) is 2.38. The Hall–Kier alpha value is -1.55. The van der Waals surface area contributed by atoms with E-state index in [0.29, 0.717) is 12.1 Å². The van der Waals surface area contributed by atoms with Crippen molar-refractivity contribution in [2.75, 3.05) is 32.1 Å². The molecule has 0 aromatic heterocycles. The van der Waals surface area contributed by atoms with Crippen LogP contribution in [0.15, 0.2) is 24.3 Å². The van der Waals surface area contributed by atoms with Crippen LogP contribution in [0.5, 0.6) is 0 Å². The van der Waals surface area contributed by atoms with E-state index in [1.807, 2.05) is 43.3 Å². The molecule has 1 heterocycles. The Bertz CT molecular complexity index is 414. The van der Waals surface area contributed by atoms with Crippen molar-refractivity contribution < 1.29 is 9.90 Å². The summed E-state index contributed by atoms with van der Waals surface area (Å²) in [6, 6.07) is 7.57. The molecule has 0 bridgehead atoms. The van der Waals surface area contributed by atoms with Gasteiger partial charge in [-0.05, 0) is 37.1 Å². The first-order chi connectivity index (χ1) is 8.58. The summed E-state index contributed by atoms with van der Waals surface area (Å²) in [7, 11) is 3.94. The molecule has 1 aliphatic rings. The van der Waals surface area contributed by atoms with Gasteiger partial charge in [-0.15, -0.1) is 0 Å². The Labute approximate surface area is 108 Å². The van der Waals surface area contributed by atoms with Crippen molar-refractivity contribution in [3.05, 3.63) is 29.8 Å². The second kappa shape index (κ2) is 5.40. The summed E-state index contributed by atoms with van der Waals surface area (Å²) in [5.41, 5.74) is 1.76. The van der Waals surface area contributed by atoms with Gasteiger partial charge in [0.2, 0.25) is 0 Å². The first kappa shape index (κ1) is 12.9. The lowest BCUT2D eigenvalue weighted by molar-refractivity contribution is 0.0474. The number of nitrogens with zero attached hydrogens (tertiary/aromatic N) is 2. The molecule has 0 radical (unpaired) electrons. The number of piperidine rings is 1. The number of carbonyl (C=O) groups is 1. The van der Waals surface area contributed by atoms with E-state index in [4.69, 9.17) is 0 Å². The van der Waals surface area contributed by atoms with E-state index < -0.39 is 0 Å². The molecule has 18 heavy (non-hydrogen) atoms. The lowest BCUT2D eigenvalue weighted by atomic mass is 10.1. The quantitative estimate of drug-likeness (QED) is 0.859. The molecule has 1 aromatic rings. The molecular weight excluding hydrogens is 228 g/mol. The predicted molar refractivity (Wildman–Crippen MR) is 71.9 cm³/mol. The number of hydrogen-bond donors (Lipinski definition) is 1. The molecule has 1 aromatic carbocycles. The van der Waals surface area contributed by atoms with Crippen LogP contribution in [0.1, 0.15) is 23.2 Å². The normalized spacial score (nSPS) is 19.7. The average molecular weight is 248 g/mol. The largest absolute Gasteiger partial charge is 0.391 e. The molecule has 0 aliphatic carbocycles. The summed E-state index contributed by atoms with van der Waals surface area (Å²) >= 11 is 0. The fraction of sp³-hybridized carbons (Fsp3) is 0.500. The number of rotatable bonds is 2. The highest BCUT2D eigenvalue weighted by molar-refractivity contribution is 5.94. The minimum Gasteiger partial charge on any atom is -0.391 e. The molecule has 1 aliphatic heterocycles. The second-order valence-corrected chi connectivity index (χ2v) is 4.99. The highest BCUT2D eigenvalue weighted by Gasteiger charge is 2.22. The van der Waals surface area contributed by atoms with E-state index in [0.717, 1.165) is 25.1 Å². The SMILES string of the molecule is CN(C)c1ccc(C(=O)N2CCC[C@H](O)C2)cc1. The van der Waals surface area contributed by atoms with Gasteiger partial charge in [0, 0.05) is 38.4 Å². The molecule has 1 saturated heterocycles. The molecule has 2 rings (SSSR count). The van der Waals surface area contributed by atoms with Crippen LogP contribution in [0.2, 0.25) is 0 Å². The van der Waals surface area contributed by atoms with Crippen LogP contribution in [0.25, 0.3) is 0 Å². The Morgan fingerprint density at radius 1 is 1.33 bits per heavy atom. The van der Waals surface area contributed by atoms with Crippen molar-refractivity contribution in [1.82, 2.24) is 4.90 Å². The van der Waals surface area contributed by atoms with Crippen LogP contribution < -0.4 is 4.90 Å². The van der Waals surface area contributed by atoms with Gasteiger partial charge in [-0.2, -0.15) is 0 Å². The van der Waals surface area contributed by atoms with Crippen LogP contribution in [0.3, 0.4) is 0 Å². The van der Waals surface area contributed by atoms with Gasteiger partial charge in [-0.1, -0.05) is 0 Å². The zero-order valence-corrected chi connectivity index (χ0v) is 11.0. The maximum Gasteiger partial charge on any atom is 0.253 e. The molecule has 0 saturated carbocycles. The van der Waals surface area contributed by atoms with Gasteiger partial charge in [0.25, 0.3) is 5.91 Å². The number of aliphatic hydroxyl groups excluding tert-OH is 1. The van der Waals surface area contributed by atoms with Gasteiger partial charge in [0.1, 0.15) is 0 Å². The molecule has 1 N–H and O–H groups in total. The van der Waals surface area contributed by atoms with Crippen molar-refractivity contribution in [3.8, 4) is 0 Å². The molecule has 4 heteroatoms. The monoisotopic (exact) mass is 248 g/mol. The number of β-amino-alcohol motifs (C(OH)–C–C–N with tert-alkyl or cyclic N) is 1. The maximum absolute atomic E-state index is 12.2. The fourth-order valence-corrected chi connectivity index (χ4v) is 2.22. The van der Waals surface area contributed by atoms with Crippen molar-refractivity contribution in [2.24, 2.45) is 0 Å². The third-order valence-corrected chi connectivity index (χ3v) is 3.31. The summed E-state index contributed by atoms with van der Waals surface area (Å²) in [6.07, 6.45) is 1.30. The standard InChI is InChI=1S/C14H20N2O2/c1-15(2)12-7-5-11(6-8-12)14(18)16-9-3-4-13(17)10-16/h5-8,13,17H,3-4,9-10H2,1-2H3/t13-/m0/s1. The molecular formula is C14H20N2O2. The number of likely N-dealkylation sites (tertiary alicyclic amines) is 1. The molecule has 1 amide bonds. The maximum atomic E-state index is 12.2. The van der Waals surface area contributed by atoms with Crippen LogP contribution >= 0.6 is 0 Å². The Morgan fingerprint density at radius 3 is 2.56 bits per heavy atom. The molecule has 0 spiro atoms. The van der Waals surface area contributed by atoms with Crippen molar-refractivity contribution in [2.45, 2.75) is 18.9 Å². The number of anilines is 1. The third-order valence-electron chi connectivity index (χ3n) is 3.31. The zero-order chi connectivity index (χ0) is 13.1. The number of carbonyl (C=O) groups excluding carboxylic acids is 1. The number of benzene rings is 1. The molecule has 0 unspecified atom stereocenters. The zero-order valence-electron chi connectivity index (χ0n) is 11.0. The summed E-state index contributed by atoms with van der Waals surface area (Å²) in [6.45, 7) is 1.19. The molecule has 4 nitrogen and oxygen atoms in total. The van der Waals surface area contributed by atoms with Gasteiger partial charge in [-0.3, -0.25) is 4.79 Å². The Balaban J connectivity index is 2.08. The van der Waals surface area contributed by atoms with E-state index in [9.17, 15) is 9.90 Å². The highest BCUT2D eigenvalue weighted by atomic mass is 16.3. The molecule has 1 atom stereocenters. The van der Waals surface area contributed by atoms with Crippen molar-refractivity contribution in [3.63, 3.8) is 0 Å². The third kappa shape index (κ3) is 2.82. The topological polar surface area (TPSA) is 43.8 Å². The fourth-order valence-electron chi connectivity index (χ4n) is 2.22. The second-order valence-electron chi connectivity index (χ2n) is 4.99. The first-order valence-electron chi connectivity index (χ1n) is 6.32.